The predicted molar refractivity (Wildman–Crippen MR) is 162 cm³/mol. The van der Waals surface area contributed by atoms with Gasteiger partial charge < -0.3 is 20.9 Å². The molecule has 1 aromatic carbocycles. The van der Waals surface area contributed by atoms with Crippen LogP contribution in [0.2, 0.25) is 5.02 Å². The topological polar surface area (TPSA) is 135 Å². The van der Waals surface area contributed by atoms with Crippen LogP contribution in [0.5, 0.6) is 0 Å². The minimum absolute atomic E-state index is 0.107. The van der Waals surface area contributed by atoms with Gasteiger partial charge in [-0.15, -0.1) is 11.3 Å². The number of aromatic nitrogens is 2. The lowest BCUT2D eigenvalue weighted by Gasteiger charge is -2.35. The maximum atomic E-state index is 12.9. The van der Waals surface area contributed by atoms with Crippen LogP contribution in [-0.4, -0.2) is 65.5 Å². The predicted octanol–water partition coefficient (Wildman–Crippen LogP) is 1.40. The summed E-state index contributed by atoms with van der Waals surface area (Å²) in [5.74, 6) is 0.107. The number of rotatable bonds is 9. The minimum atomic E-state index is -0.522. The van der Waals surface area contributed by atoms with E-state index < -0.39 is 5.91 Å². The Balaban J connectivity index is 1.39. The molecule has 214 valence electrons. The number of amides is 2. The van der Waals surface area contributed by atoms with Crippen LogP contribution in [0.15, 0.2) is 47.3 Å². The van der Waals surface area contributed by atoms with Crippen molar-refractivity contribution < 1.29 is 9.59 Å². The number of nitriles is 1. The van der Waals surface area contributed by atoms with Gasteiger partial charge in [0.25, 0.3) is 11.5 Å². The summed E-state index contributed by atoms with van der Waals surface area (Å²) in [6.45, 7) is 7.57. The van der Waals surface area contributed by atoms with Crippen LogP contribution >= 0.6 is 22.9 Å². The Hall–Kier alpha value is -4.18. The van der Waals surface area contributed by atoms with Gasteiger partial charge in [-0.2, -0.15) is 5.26 Å². The summed E-state index contributed by atoms with van der Waals surface area (Å²) in [4.78, 5) is 46.7. The van der Waals surface area contributed by atoms with E-state index in [0.29, 0.717) is 38.9 Å². The minimum Gasteiger partial charge on any atom is -0.369 e. The van der Waals surface area contributed by atoms with Gasteiger partial charge in [-0.1, -0.05) is 17.7 Å². The molecule has 4 rings (SSSR count). The molecule has 3 heterocycles. The van der Waals surface area contributed by atoms with Crippen molar-refractivity contribution in [3.8, 4) is 6.07 Å². The highest BCUT2D eigenvalue weighted by molar-refractivity contribution is 7.07. The number of benzene rings is 1. The first-order valence-electron chi connectivity index (χ1n) is 13.2. The van der Waals surface area contributed by atoms with E-state index in [4.69, 9.17) is 11.6 Å². The highest BCUT2D eigenvalue weighted by Gasteiger charge is 2.20. The Morgan fingerprint density at radius 2 is 1.80 bits per heavy atom. The molecule has 3 aromatic rings. The maximum absolute atomic E-state index is 12.9. The molecule has 2 amide bonds. The third-order valence-corrected chi connectivity index (χ3v) is 7.80. The standard InChI is InChI=1S/C28H31ClN8O3S/c1-3-31-26(39)21(16-30)28-37(4-2)27(40)22(41-28)17-32-23-6-5-7-24(33-23)34-25(38)18-35-12-14-36(15-13-35)20-10-8-19(29)9-11-20/h5-11,17H,3-4,12-15,18H2,1-2H3,(H,31,39)(H2,32,33,34,38). The Morgan fingerprint density at radius 3 is 2.46 bits per heavy atom. The van der Waals surface area contributed by atoms with Crippen LogP contribution in [-0.2, 0) is 16.1 Å². The van der Waals surface area contributed by atoms with Crippen LogP contribution < -0.4 is 35.6 Å². The Kier molecular flexibility index (Phi) is 10.1. The molecule has 3 N–H and O–H groups in total. The third kappa shape index (κ3) is 7.52. The summed E-state index contributed by atoms with van der Waals surface area (Å²) in [6.07, 6.45) is 1.49. The Morgan fingerprint density at radius 1 is 1.10 bits per heavy atom. The van der Waals surface area contributed by atoms with E-state index in [0.717, 1.165) is 43.2 Å². The van der Waals surface area contributed by atoms with E-state index in [1.165, 1.54) is 10.8 Å². The molecule has 2 aromatic heterocycles. The number of nitrogens with one attached hydrogen (secondary N) is 3. The molecule has 41 heavy (non-hydrogen) atoms. The molecule has 0 aliphatic carbocycles. The lowest BCUT2D eigenvalue weighted by atomic mass is 10.2. The summed E-state index contributed by atoms with van der Waals surface area (Å²) in [7, 11) is 0. The zero-order valence-electron chi connectivity index (χ0n) is 22.8. The molecule has 0 unspecified atom stereocenters. The summed E-state index contributed by atoms with van der Waals surface area (Å²) in [5.41, 5.74) is 0.684. The van der Waals surface area contributed by atoms with Gasteiger partial charge in [-0.25, -0.2) is 4.98 Å². The highest BCUT2D eigenvalue weighted by Crippen LogP contribution is 2.19. The number of nitrogens with zero attached hydrogens (tertiary/aromatic N) is 5. The number of hydrogen-bond donors (Lipinski definition) is 3. The first kappa shape index (κ1) is 29.8. The third-order valence-electron chi connectivity index (χ3n) is 6.41. The number of pyridine rings is 1. The summed E-state index contributed by atoms with van der Waals surface area (Å²) in [6, 6.07) is 14.8. The van der Waals surface area contributed by atoms with Crippen molar-refractivity contribution in [1.29, 1.82) is 5.26 Å². The molecule has 1 fully saturated rings. The number of hydrogen-bond acceptors (Lipinski definition) is 9. The largest absolute Gasteiger partial charge is 0.369 e. The van der Waals surface area contributed by atoms with Crippen LogP contribution in [0.3, 0.4) is 0 Å². The molecule has 0 atom stereocenters. The number of carbonyl (C=O) groups excluding carboxylic acids is 2. The van der Waals surface area contributed by atoms with E-state index in [2.05, 4.69) is 30.7 Å². The van der Waals surface area contributed by atoms with Gasteiger partial charge in [0.05, 0.1) is 6.54 Å². The molecule has 0 saturated carbocycles. The van der Waals surface area contributed by atoms with Crippen LogP contribution in [0.1, 0.15) is 13.8 Å². The smallest absolute Gasteiger partial charge is 0.270 e. The molecular weight excluding hydrogens is 564 g/mol. The van der Waals surface area contributed by atoms with E-state index in [-0.39, 0.29) is 23.6 Å². The van der Waals surface area contributed by atoms with Crippen molar-refractivity contribution in [2.45, 2.75) is 20.4 Å². The summed E-state index contributed by atoms with van der Waals surface area (Å²) < 4.78 is 2.00. The quantitative estimate of drug-likeness (QED) is 0.338. The fraction of sp³-hybridized carbons (Fsp3) is 0.321. The number of thiazole rings is 1. The van der Waals surface area contributed by atoms with Crippen molar-refractivity contribution in [2.75, 3.05) is 54.8 Å². The molecule has 1 saturated heterocycles. The number of halogens is 1. The van der Waals surface area contributed by atoms with E-state index in [1.54, 1.807) is 32.0 Å². The summed E-state index contributed by atoms with van der Waals surface area (Å²) in [5, 5.41) is 18.7. The van der Waals surface area contributed by atoms with E-state index in [9.17, 15) is 19.6 Å². The Labute approximate surface area is 246 Å². The normalized spacial score (nSPS) is 14.8. The molecule has 1 aliphatic rings. The fourth-order valence-corrected chi connectivity index (χ4v) is 5.58. The van der Waals surface area contributed by atoms with Crippen LogP contribution in [0.4, 0.5) is 17.3 Å². The zero-order chi connectivity index (χ0) is 29.4. The van der Waals surface area contributed by atoms with Gasteiger partial charge in [-0.3, -0.25) is 23.9 Å². The second-order valence-electron chi connectivity index (χ2n) is 9.15. The fourth-order valence-electron chi connectivity index (χ4n) is 4.36. The monoisotopic (exact) mass is 594 g/mol. The molecule has 11 nitrogen and oxygen atoms in total. The molecule has 13 heteroatoms. The van der Waals surface area contributed by atoms with Crippen molar-refractivity contribution in [2.24, 2.45) is 0 Å². The van der Waals surface area contributed by atoms with Crippen molar-refractivity contribution in [3.63, 3.8) is 0 Å². The number of anilines is 3. The molecule has 0 spiro atoms. The van der Waals surface area contributed by atoms with Gasteiger partial charge in [0.1, 0.15) is 26.9 Å². The number of carbonyl (C=O) groups is 2. The molecule has 1 aliphatic heterocycles. The lowest BCUT2D eigenvalue weighted by Crippen LogP contribution is -2.48. The highest BCUT2D eigenvalue weighted by atomic mass is 35.5. The van der Waals surface area contributed by atoms with Gasteiger partial charge in [-0.05, 0) is 50.2 Å². The van der Waals surface area contributed by atoms with Gasteiger partial charge >= 0.3 is 0 Å². The van der Waals surface area contributed by atoms with E-state index >= 15 is 0 Å². The van der Waals surface area contributed by atoms with Crippen molar-refractivity contribution >= 4 is 63.8 Å². The second kappa shape index (κ2) is 13.9. The SMILES string of the molecule is CCNC(=O)C(C#N)=c1sc(=CNc2cccc(NC(=O)CN3CCN(c4ccc(Cl)cc4)CC3)n2)c(=O)n1CC. The van der Waals surface area contributed by atoms with E-state index in [1.807, 2.05) is 30.3 Å². The zero-order valence-corrected chi connectivity index (χ0v) is 24.4. The first-order chi connectivity index (χ1) is 19.8. The average Bonchev–Trinajstić information content (AvgIpc) is 3.28. The first-order valence-corrected chi connectivity index (χ1v) is 14.4. The maximum Gasteiger partial charge on any atom is 0.270 e. The average molecular weight is 595 g/mol. The van der Waals surface area contributed by atoms with Crippen molar-refractivity contribution in [3.05, 3.63) is 67.0 Å². The van der Waals surface area contributed by atoms with Crippen LogP contribution in [0, 0.1) is 11.3 Å². The van der Waals surface area contributed by atoms with Gasteiger partial charge in [0.15, 0.2) is 5.57 Å². The number of piperazine rings is 1. The molecule has 0 bridgehead atoms. The molecular formula is C28H31ClN8O3S. The van der Waals surface area contributed by atoms with Crippen LogP contribution in [0.25, 0.3) is 11.8 Å². The van der Waals surface area contributed by atoms with Gasteiger partial charge in [0.2, 0.25) is 5.91 Å². The Bertz CT molecular complexity index is 1620. The van der Waals surface area contributed by atoms with Crippen molar-refractivity contribution in [1.82, 2.24) is 19.8 Å². The molecule has 0 radical (unpaired) electrons. The summed E-state index contributed by atoms with van der Waals surface area (Å²) >= 11 is 7.04. The second-order valence-corrected chi connectivity index (χ2v) is 10.6. The lowest BCUT2D eigenvalue weighted by molar-refractivity contribution is -0.117. The van der Waals surface area contributed by atoms with Gasteiger partial charge in [0, 0.05) is 56.2 Å².